The predicted octanol–water partition coefficient (Wildman–Crippen LogP) is 3.56. The third kappa shape index (κ3) is 6.37. The summed E-state index contributed by atoms with van der Waals surface area (Å²) in [5.41, 5.74) is 0.138. The molecule has 0 spiro atoms. The third-order valence-electron chi connectivity index (χ3n) is 2.53. The second-order valence-corrected chi connectivity index (χ2v) is 6.13. The number of alkyl carbamates (subject to hydrolysis) is 1. The summed E-state index contributed by atoms with van der Waals surface area (Å²) in [6.45, 7) is 7.07. The lowest BCUT2D eigenvalue weighted by molar-refractivity contribution is 0.0507. The van der Waals surface area contributed by atoms with E-state index < -0.39 is 23.8 Å². The van der Waals surface area contributed by atoms with Gasteiger partial charge in [-0.15, -0.1) is 0 Å². The van der Waals surface area contributed by atoms with Crippen molar-refractivity contribution in [1.29, 1.82) is 5.26 Å². The van der Waals surface area contributed by atoms with E-state index in [2.05, 4.69) is 16.7 Å². The van der Waals surface area contributed by atoms with Gasteiger partial charge in [-0.1, -0.05) is 17.7 Å². The van der Waals surface area contributed by atoms with E-state index in [-0.39, 0.29) is 0 Å². The molecule has 1 aromatic rings. The number of carbonyl (C=O) groups is 1. The molecule has 6 heteroatoms. The fraction of sp³-hybridized carbons (Fsp3) is 0.467. The highest BCUT2D eigenvalue weighted by molar-refractivity contribution is 6.30. The van der Waals surface area contributed by atoms with Gasteiger partial charge >= 0.3 is 6.09 Å². The van der Waals surface area contributed by atoms with Crippen molar-refractivity contribution < 1.29 is 9.53 Å². The second-order valence-electron chi connectivity index (χ2n) is 5.70. The molecule has 2 N–H and O–H groups in total. The molecule has 0 saturated heterocycles. The van der Waals surface area contributed by atoms with Crippen LogP contribution in [0.25, 0.3) is 0 Å². The summed E-state index contributed by atoms with van der Waals surface area (Å²) in [6.07, 6.45) is -0.553. The number of ether oxygens (including phenoxy) is 1. The molecule has 0 aliphatic rings. The van der Waals surface area contributed by atoms with Gasteiger partial charge in [0.1, 0.15) is 11.6 Å². The lowest BCUT2D eigenvalue weighted by Crippen LogP contribution is -2.46. The van der Waals surface area contributed by atoms with Crippen molar-refractivity contribution in [3.8, 4) is 6.07 Å². The summed E-state index contributed by atoms with van der Waals surface area (Å²) in [6, 6.07) is 8.13. The molecule has 114 valence electrons. The molecular formula is C15H20ClN3O2. The lowest BCUT2D eigenvalue weighted by Gasteiger charge is -2.24. The Bertz CT molecular complexity index is 534. The highest BCUT2D eigenvalue weighted by atomic mass is 35.5. The van der Waals surface area contributed by atoms with Crippen LogP contribution in [0.2, 0.25) is 5.02 Å². The summed E-state index contributed by atoms with van der Waals surface area (Å²) < 4.78 is 5.16. The zero-order valence-electron chi connectivity index (χ0n) is 12.6. The molecule has 0 bridgehead atoms. The number of hydrogen-bond acceptors (Lipinski definition) is 4. The Balaban J connectivity index is 2.64. The van der Waals surface area contributed by atoms with Crippen LogP contribution in [0.15, 0.2) is 24.3 Å². The Kier molecular flexibility index (Phi) is 5.86. The maximum atomic E-state index is 11.7. The van der Waals surface area contributed by atoms with E-state index in [0.717, 1.165) is 0 Å². The minimum absolute atomic E-state index is 0.427. The van der Waals surface area contributed by atoms with Crippen LogP contribution in [0.5, 0.6) is 0 Å². The maximum absolute atomic E-state index is 11.7. The predicted molar refractivity (Wildman–Crippen MR) is 83.3 cm³/mol. The highest BCUT2D eigenvalue weighted by Gasteiger charge is 2.22. The summed E-state index contributed by atoms with van der Waals surface area (Å²) >= 11 is 5.90. The number of amides is 1. The number of halogens is 1. The molecular weight excluding hydrogens is 290 g/mol. The molecule has 2 unspecified atom stereocenters. The summed E-state index contributed by atoms with van der Waals surface area (Å²) in [5, 5.41) is 15.5. The quantitative estimate of drug-likeness (QED) is 0.892. The Morgan fingerprint density at radius 2 is 2.10 bits per heavy atom. The van der Waals surface area contributed by atoms with Gasteiger partial charge in [-0.05, 0) is 45.9 Å². The van der Waals surface area contributed by atoms with E-state index in [1.807, 2.05) is 0 Å². The number of anilines is 1. The largest absolute Gasteiger partial charge is 0.444 e. The molecule has 1 aromatic carbocycles. The van der Waals surface area contributed by atoms with Gasteiger partial charge in [-0.2, -0.15) is 5.26 Å². The zero-order valence-corrected chi connectivity index (χ0v) is 13.4. The Hall–Kier alpha value is -1.93. The molecule has 0 aliphatic heterocycles. The Labute approximate surface area is 130 Å². The van der Waals surface area contributed by atoms with E-state index in [4.69, 9.17) is 16.3 Å². The van der Waals surface area contributed by atoms with Crippen molar-refractivity contribution in [3.63, 3.8) is 0 Å². The normalized spacial score (nSPS) is 13.7. The number of nitriles is 1. The van der Waals surface area contributed by atoms with E-state index in [9.17, 15) is 10.1 Å². The Morgan fingerprint density at radius 3 is 2.62 bits per heavy atom. The van der Waals surface area contributed by atoms with Crippen LogP contribution in [0, 0.1) is 11.3 Å². The van der Waals surface area contributed by atoms with Crippen LogP contribution in [-0.4, -0.2) is 23.8 Å². The van der Waals surface area contributed by atoms with Gasteiger partial charge in [0.25, 0.3) is 0 Å². The molecule has 21 heavy (non-hydrogen) atoms. The smallest absolute Gasteiger partial charge is 0.407 e. The monoisotopic (exact) mass is 309 g/mol. The fourth-order valence-electron chi connectivity index (χ4n) is 1.60. The first-order valence-corrected chi connectivity index (χ1v) is 7.00. The minimum atomic E-state index is -0.601. The van der Waals surface area contributed by atoms with E-state index in [0.29, 0.717) is 10.7 Å². The van der Waals surface area contributed by atoms with Crippen LogP contribution < -0.4 is 10.6 Å². The third-order valence-corrected chi connectivity index (χ3v) is 2.77. The van der Waals surface area contributed by atoms with Gasteiger partial charge in [0.2, 0.25) is 0 Å². The van der Waals surface area contributed by atoms with Crippen LogP contribution in [0.3, 0.4) is 0 Å². The second kappa shape index (κ2) is 7.19. The number of benzene rings is 1. The number of nitrogens with one attached hydrogen (secondary N) is 2. The average Bonchev–Trinajstić information content (AvgIpc) is 2.33. The number of nitrogens with zero attached hydrogens (tertiary/aromatic N) is 1. The standard InChI is InChI=1S/C15H20ClN3O2/c1-10(18-14(20)21-15(2,3)4)13(9-17)19-12-7-5-6-11(16)8-12/h5-8,10,13,19H,1-4H3,(H,18,20). The van der Waals surface area contributed by atoms with E-state index in [1.165, 1.54) is 0 Å². The molecule has 0 radical (unpaired) electrons. The summed E-state index contributed by atoms with van der Waals surface area (Å²) in [5.74, 6) is 0. The maximum Gasteiger partial charge on any atom is 0.407 e. The summed E-state index contributed by atoms with van der Waals surface area (Å²) in [4.78, 5) is 11.7. The first-order valence-electron chi connectivity index (χ1n) is 6.62. The molecule has 0 heterocycles. The minimum Gasteiger partial charge on any atom is -0.444 e. The topological polar surface area (TPSA) is 74.1 Å². The Morgan fingerprint density at radius 1 is 1.43 bits per heavy atom. The average molecular weight is 310 g/mol. The molecule has 0 aromatic heterocycles. The molecule has 5 nitrogen and oxygen atoms in total. The zero-order chi connectivity index (χ0) is 16.0. The molecule has 1 amide bonds. The molecule has 1 rings (SSSR count). The van der Waals surface area contributed by atoms with E-state index >= 15 is 0 Å². The van der Waals surface area contributed by atoms with Crippen LogP contribution in [-0.2, 0) is 4.74 Å². The van der Waals surface area contributed by atoms with Crippen LogP contribution in [0.4, 0.5) is 10.5 Å². The van der Waals surface area contributed by atoms with Gasteiger partial charge < -0.3 is 15.4 Å². The van der Waals surface area contributed by atoms with E-state index in [1.54, 1.807) is 52.0 Å². The first-order chi connectivity index (χ1) is 9.71. The van der Waals surface area contributed by atoms with Crippen LogP contribution >= 0.6 is 11.6 Å². The van der Waals surface area contributed by atoms with Crippen molar-refractivity contribution in [3.05, 3.63) is 29.3 Å². The highest BCUT2D eigenvalue weighted by Crippen LogP contribution is 2.16. The van der Waals surface area contributed by atoms with Crippen LogP contribution in [0.1, 0.15) is 27.7 Å². The van der Waals surface area contributed by atoms with Gasteiger partial charge in [-0.25, -0.2) is 4.79 Å². The number of carbonyl (C=O) groups excluding carboxylic acids is 1. The molecule has 2 atom stereocenters. The molecule has 0 fully saturated rings. The van der Waals surface area contributed by atoms with Gasteiger partial charge in [0.15, 0.2) is 0 Å². The van der Waals surface area contributed by atoms with Gasteiger partial charge in [0, 0.05) is 10.7 Å². The first kappa shape index (κ1) is 17.1. The number of hydrogen-bond donors (Lipinski definition) is 2. The van der Waals surface area contributed by atoms with Crippen molar-refractivity contribution in [2.75, 3.05) is 5.32 Å². The lowest BCUT2D eigenvalue weighted by atomic mass is 10.1. The van der Waals surface area contributed by atoms with Crippen molar-refractivity contribution in [1.82, 2.24) is 5.32 Å². The SMILES string of the molecule is CC(NC(=O)OC(C)(C)C)C(C#N)Nc1cccc(Cl)c1. The van der Waals surface area contributed by atoms with Gasteiger partial charge in [-0.3, -0.25) is 0 Å². The molecule has 0 saturated carbocycles. The van der Waals surface area contributed by atoms with Crippen molar-refractivity contribution in [2.24, 2.45) is 0 Å². The van der Waals surface area contributed by atoms with Crippen molar-refractivity contribution in [2.45, 2.75) is 45.4 Å². The fourth-order valence-corrected chi connectivity index (χ4v) is 1.79. The molecule has 0 aliphatic carbocycles. The van der Waals surface area contributed by atoms with Gasteiger partial charge in [0.05, 0.1) is 12.1 Å². The van der Waals surface area contributed by atoms with Crippen molar-refractivity contribution >= 4 is 23.4 Å². The number of rotatable bonds is 4. The summed E-state index contributed by atoms with van der Waals surface area (Å²) in [7, 11) is 0.